The Morgan fingerprint density at radius 3 is 2.37 bits per heavy atom. The van der Waals surface area contributed by atoms with Gasteiger partial charge in [-0.1, -0.05) is 0 Å². The molecule has 0 spiro atoms. The molecule has 0 aromatic heterocycles. The van der Waals surface area contributed by atoms with Gasteiger partial charge < -0.3 is 19.1 Å². The van der Waals surface area contributed by atoms with Crippen LogP contribution in [0.1, 0.15) is 23.2 Å². The zero-order valence-electron chi connectivity index (χ0n) is 15.6. The van der Waals surface area contributed by atoms with E-state index in [0.29, 0.717) is 42.5 Å². The van der Waals surface area contributed by atoms with Crippen LogP contribution in [-0.4, -0.2) is 44.7 Å². The van der Waals surface area contributed by atoms with Crippen molar-refractivity contribution in [1.29, 1.82) is 0 Å². The summed E-state index contributed by atoms with van der Waals surface area (Å²) in [6.45, 7) is 1.84. The highest BCUT2D eigenvalue weighted by Crippen LogP contribution is 2.26. The lowest BCUT2D eigenvalue weighted by molar-refractivity contribution is 0.0632. The Morgan fingerprint density at radius 2 is 1.74 bits per heavy atom. The number of rotatable bonds is 6. The molecule has 0 saturated carbocycles. The predicted molar refractivity (Wildman–Crippen MR) is 100 cm³/mol. The molecule has 1 aliphatic heterocycles. The lowest BCUT2D eigenvalue weighted by Gasteiger charge is -2.32. The molecular weight excluding hydrogens is 349 g/mol. The van der Waals surface area contributed by atoms with Crippen molar-refractivity contribution < 1.29 is 23.4 Å². The molecule has 0 aliphatic carbocycles. The maximum absolute atomic E-state index is 13.0. The van der Waals surface area contributed by atoms with Gasteiger partial charge in [-0.2, -0.15) is 0 Å². The normalized spacial score (nSPS) is 16.7. The summed E-state index contributed by atoms with van der Waals surface area (Å²) in [5, 5.41) is 0. The third-order valence-corrected chi connectivity index (χ3v) is 4.70. The van der Waals surface area contributed by atoms with E-state index in [1.807, 2.05) is 4.90 Å². The van der Waals surface area contributed by atoms with Crippen LogP contribution < -0.4 is 14.2 Å². The number of hydrogen-bond acceptors (Lipinski definition) is 4. The minimum Gasteiger partial charge on any atom is -0.497 e. The summed E-state index contributed by atoms with van der Waals surface area (Å²) in [4.78, 5) is 14.8. The number of amides is 1. The van der Waals surface area contributed by atoms with E-state index in [2.05, 4.69) is 0 Å². The fourth-order valence-corrected chi connectivity index (χ4v) is 3.24. The van der Waals surface area contributed by atoms with E-state index in [9.17, 15) is 9.18 Å². The highest BCUT2D eigenvalue weighted by Gasteiger charge is 2.25. The summed E-state index contributed by atoms with van der Waals surface area (Å²) in [5.74, 6) is 1.72. The first-order valence-corrected chi connectivity index (χ1v) is 8.99. The molecule has 2 aromatic carbocycles. The molecule has 1 amide bonds. The topological polar surface area (TPSA) is 48.0 Å². The summed E-state index contributed by atoms with van der Waals surface area (Å²) in [6, 6.07) is 11.2. The Balaban J connectivity index is 1.63. The molecule has 1 saturated heterocycles. The Morgan fingerprint density at radius 1 is 1.07 bits per heavy atom. The van der Waals surface area contributed by atoms with Crippen molar-refractivity contribution in [2.45, 2.75) is 12.8 Å². The molecule has 0 bridgehead atoms. The third kappa shape index (κ3) is 4.90. The van der Waals surface area contributed by atoms with Crippen LogP contribution in [0.5, 0.6) is 17.2 Å². The summed E-state index contributed by atoms with van der Waals surface area (Å²) in [7, 11) is 3.12. The van der Waals surface area contributed by atoms with E-state index < -0.39 is 0 Å². The number of benzene rings is 2. The van der Waals surface area contributed by atoms with Gasteiger partial charge in [0.2, 0.25) is 0 Å². The Bertz CT molecular complexity index is 756. The summed E-state index contributed by atoms with van der Waals surface area (Å²) in [5.41, 5.74) is 0.548. The van der Waals surface area contributed by atoms with Gasteiger partial charge in [-0.25, -0.2) is 4.39 Å². The van der Waals surface area contributed by atoms with Crippen LogP contribution in [0, 0.1) is 11.7 Å². The highest BCUT2D eigenvalue weighted by molar-refractivity contribution is 5.95. The molecule has 1 aliphatic rings. The van der Waals surface area contributed by atoms with Gasteiger partial charge in [0.05, 0.1) is 20.8 Å². The number of carbonyl (C=O) groups excluding carboxylic acids is 1. The van der Waals surface area contributed by atoms with E-state index >= 15 is 0 Å². The van der Waals surface area contributed by atoms with Gasteiger partial charge in [-0.05, 0) is 49.2 Å². The number of halogens is 1. The van der Waals surface area contributed by atoms with E-state index in [1.54, 1.807) is 44.6 Å². The van der Waals surface area contributed by atoms with Crippen LogP contribution in [0.25, 0.3) is 0 Å². The predicted octanol–water partition coefficient (Wildman–Crippen LogP) is 3.77. The fraction of sp³-hybridized carbons (Fsp3) is 0.381. The average Bonchev–Trinajstić information content (AvgIpc) is 2.72. The summed E-state index contributed by atoms with van der Waals surface area (Å²) < 4.78 is 29.2. The van der Waals surface area contributed by atoms with Crippen LogP contribution in [-0.2, 0) is 0 Å². The van der Waals surface area contributed by atoms with Gasteiger partial charge in [-0.15, -0.1) is 0 Å². The quantitative estimate of drug-likeness (QED) is 0.773. The van der Waals surface area contributed by atoms with E-state index in [0.717, 1.165) is 12.8 Å². The molecule has 144 valence electrons. The van der Waals surface area contributed by atoms with Crippen molar-refractivity contribution in [3.63, 3.8) is 0 Å². The minimum absolute atomic E-state index is 0.0429. The average molecular weight is 373 g/mol. The number of piperidine rings is 1. The molecule has 0 radical (unpaired) electrons. The van der Waals surface area contributed by atoms with E-state index in [4.69, 9.17) is 14.2 Å². The molecule has 0 N–H and O–H groups in total. The van der Waals surface area contributed by atoms with Crippen molar-refractivity contribution >= 4 is 5.91 Å². The molecule has 1 fully saturated rings. The Kier molecular flexibility index (Phi) is 6.16. The maximum atomic E-state index is 13.0. The van der Waals surface area contributed by atoms with E-state index in [1.165, 1.54) is 12.1 Å². The summed E-state index contributed by atoms with van der Waals surface area (Å²) in [6.07, 6.45) is 1.91. The molecule has 5 nitrogen and oxygen atoms in total. The maximum Gasteiger partial charge on any atom is 0.254 e. The second-order valence-corrected chi connectivity index (χ2v) is 6.63. The summed E-state index contributed by atoms with van der Waals surface area (Å²) >= 11 is 0. The molecule has 1 unspecified atom stereocenters. The van der Waals surface area contributed by atoms with Crippen LogP contribution in [0.15, 0.2) is 42.5 Å². The largest absolute Gasteiger partial charge is 0.497 e. The first-order chi connectivity index (χ1) is 13.1. The van der Waals surface area contributed by atoms with Gasteiger partial charge >= 0.3 is 0 Å². The molecule has 27 heavy (non-hydrogen) atoms. The number of methoxy groups -OCH3 is 2. The van der Waals surface area contributed by atoms with Gasteiger partial charge in [0, 0.05) is 30.6 Å². The van der Waals surface area contributed by atoms with Crippen molar-refractivity contribution in [3.8, 4) is 17.2 Å². The minimum atomic E-state index is -0.287. The fourth-order valence-electron chi connectivity index (χ4n) is 3.24. The Labute approximate surface area is 158 Å². The van der Waals surface area contributed by atoms with Crippen molar-refractivity contribution in [1.82, 2.24) is 4.90 Å². The first-order valence-electron chi connectivity index (χ1n) is 8.99. The lowest BCUT2D eigenvalue weighted by Crippen LogP contribution is -2.41. The monoisotopic (exact) mass is 373 g/mol. The van der Waals surface area contributed by atoms with Gasteiger partial charge in [0.1, 0.15) is 23.1 Å². The second-order valence-electron chi connectivity index (χ2n) is 6.63. The molecule has 2 aromatic rings. The van der Waals surface area contributed by atoms with Crippen molar-refractivity contribution in [2.75, 3.05) is 33.9 Å². The van der Waals surface area contributed by atoms with Crippen molar-refractivity contribution in [3.05, 3.63) is 53.8 Å². The number of hydrogen-bond donors (Lipinski definition) is 0. The lowest BCUT2D eigenvalue weighted by atomic mass is 9.98. The first kappa shape index (κ1) is 19.0. The SMILES string of the molecule is COc1cc(OC)cc(C(=O)N2CCCC(COc3ccc(F)cc3)C2)c1. The van der Waals surface area contributed by atoms with Gasteiger partial charge in [-0.3, -0.25) is 4.79 Å². The van der Waals surface area contributed by atoms with Crippen LogP contribution in [0.2, 0.25) is 0 Å². The van der Waals surface area contributed by atoms with Gasteiger partial charge in [0.25, 0.3) is 5.91 Å². The highest BCUT2D eigenvalue weighted by atomic mass is 19.1. The Hall–Kier alpha value is -2.76. The number of ether oxygens (including phenoxy) is 3. The van der Waals surface area contributed by atoms with Crippen molar-refractivity contribution in [2.24, 2.45) is 5.92 Å². The van der Waals surface area contributed by atoms with Gasteiger partial charge in [0.15, 0.2) is 0 Å². The van der Waals surface area contributed by atoms with E-state index in [-0.39, 0.29) is 17.6 Å². The standard InChI is InChI=1S/C21H24FNO4/c1-25-19-10-16(11-20(12-19)26-2)21(24)23-9-3-4-15(13-23)14-27-18-7-5-17(22)6-8-18/h5-8,10-12,15H,3-4,9,13-14H2,1-2H3. The molecule has 3 rings (SSSR count). The smallest absolute Gasteiger partial charge is 0.254 e. The molecule has 6 heteroatoms. The van der Waals surface area contributed by atoms with Crippen LogP contribution in [0.3, 0.4) is 0 Å². The zero-order valence-corrected chi connectivity index (χ0v) is 15.6. The molecular formula is C21H24FNO4. The number of nitrogens with zero attached hydrogens (tertiary/aromatic N) is 1. The second kappa shape index (κ2) is 8.75. The molecule has 1 heterocycles. The van der Waals surface area contributed by atoms with Crippen LogP contribution >= 0.6 is 0 Å². The number of likely N-dealkylation sites (tertiary alicyclic amines) is 1. The van der Waals surface area contributed by atoms with Crippen LogP contribution in [0.4, 0.5) is 4.39 Å². The zero-order chi connectivity index (χ0) is 19.2. The third-order valence-electron chi connectivity index (χ3n) is 4.70. The number of carbonyl (C=O) groups is 1. The molecule has 1 atom stereocenters.